The van der Waals surface area contributed by atoms with Crippen LogP contribution in [-0.2, 0) is 0 Å². The Kier molecular flexibility index (Phi) is 4.88. The number of carbonyl (C=O) groups is 1. The Balaban J connectivity index is 2.14. The lowest BCUT2D eigenvalue weighted by Gasteiger charge is -2.31. The number of para-hydroxylation sites is 1. The third-order valence-corrected chi connectivity index (χ3v) is 4.37. The van der Waals surface area contributed by atoms with Crippen LogP contribution in [0.1, 0.15) is 55.8 Å². The van der Waals surface area contributed by atoms with Crippen molar-refractivity contribution in [1.29, 1.82) is 0 Å². The summed E-state index contributed by atoms with van der Waals surface area (Å²) >= 11 is 0. The molecule has 0 bridgehead atoms. The fourth-order valence-electron chi connectivity index (χ4n) is 3.20. The van der Waals surface area contributed by atoms with Gasteiger partial charge >= 0.3 is 0 Å². The number of carbonyl (C=O) groups excluding carboxylic acids is 1. The molecule has 20 heavy (non-hydrogen) atoms. The molecule has 1 aromatic carbocycles. The topological polar surface area (TPSA) is 81.1 Å². The lowest BCUT2D eigenvalue weighted by Crippen LogP contribution is -2.30. The number of anilines is 2. The van der Waals surface area contributed by atoms with Gasteiger partial charge in [0.25, 0.3) is 5.91 Å². The van der Waals surface area contributed by atoms with Crippen molar-refractivity contribution < 1.29 is 4.79 Å². The number of nitrogens with two attached hydrogens (primary N) is 2. The van der Waals surface area contributed by atoms with Crippen molar-refractivity contribution in [1.82, 2.24) is 0 Å². The van der Waals surface area contributed by atoms with Crippen LogP contribution < -0.4 is 16.8 Å². The van der Waals surface area contributed by atoms with Gasteiger partial charge in [0.1, 0.15) is 0 Å². The lowest BCUT2D eigenvalue weighted by atomic mass is 9.83. The number of nitrogen functional groups attached to an aromatic ring is 1. The first-order chi connectivity index (χ1) is 9.63. The first-order valence-corrected chi connectivity index (χ1v) is 7.58. The molecule has 0 heterocycles. The molecule has 1 fully saturated rings. The zero-order valence-electron chi connectivity index (χ0n) is 12.2. The van der Waals surface area contributed by atoms with E-state index in [1.54, 1.807) is 6.07 Å². The van der Waals surface area contributed by atoms with E-state index in [0.717, 1.165) is 12.1 Å². The summed E-state index contributed by atoms with van der Waals surface area (Å²) in [5, 5.41) is 3.53. The second kappa shape index (κ2) is 6.64. The molecular weight excluding hydrogens is 250 g/mol. The summed E-state index contributed by atoms with van der Waals surface area (Å²) in [6.45, 7) is 2.19. The van der Waals surface area contributed by atoms with Gasteiger partial charge in [-0.05, 0) is 37.3 Å². The number of hydrogen-bond acceptors (Lipinski definition) is 3. The molecule has 110 valence electrons. The van der Waals surface area contributed by atoms with Gasteiger partial charge in [-0.3, -0.25) is 4.79 Å². The highest BCUT2D eigenvalue weighted by Gasteiger charge is 2.23. The molecule has 4 heteroatoms. The summed E-state index contributed by atoms with van der Waals surface area (Å²) in [6.07, 6.45) is 7.61. The van der Waals surface area contributed by atoms with Crippen molar-refractivity contribution in [3.63, 3.8) is 0 Å². The highest BCUT2D eigenvalue weighted by atomic mass is 16.1. The monoisotopic (exact) mass is 275 g/mol. The van der Waals surface area contributed by atoms with Crippen LogP contribution in [0.3, 0.4) is 0 Å². The van der Waals surface area contributed by atoms with Gasteiger partial charge in [-0.15, -0.1) is 0 Å². The number of hydrogen-bond donors (Lipinski definition) is 3. The molecule has 1 aromatic rings. The summed E-state index contributed by atoms with van der Waals surface area (Å²) < 4.78 is 0. The van der Waals surface area contributed by atoms with Crippen molar-refractivity contribution in [2.45, 2.75) is 51.5 Å². The third kappa shape index (κ3) is 3.24. The van der Waals surface area contributed by atoms with Crippen LogP contribution in [0.25, 0.3) is 0 Å². The van der Waals surface area contributed by atoms with E-state index in [4.69, 9.17) is 11.5 Å². The van der Waals surface area contributed by atoms with E-state index in [-0.39, 0.29) is 0 Å². The number of primary amides is 1. The molecule has 0 spiro atoms. The van der Waals surface area contributed by atoms with Crippen molar-refractivity contribution in [3.8, 4) is 0 Å². The molecule has 0 saturated heterocycles. The average Bonchev–Trinajstić information content (AvgIpc) is 2.47. The Morgan fingerprint density at radius 1 is 1.35 bits per heavy atom. The number of rotatable bonds is 5. The molecule has 2 rings (SSSR count). The summed E-state index contributed by atoms with van der Waals surface area (Å²) in [4.78, 5) is 11.3. The smallest absolute Gasteiger partial charge is 0.250 e. The predicted molar refractivity (Wildman–Crippen MR) is 83.6 cm³/mol. The largest absolute Gasteiger partial charge is 0.396 e. The van der Waals surface area contributed by atoms with Gasteiger partial charge in [-0.25, -0.2) is 0 Å². The van der Waals surface area contributed by atoms with Crippen LogP contribution in [0.5, 0.6) is 0 Å². The third-order valence-electron chi connectivity index (χ3n) is 4.37. The molecule has 0 aromatic heterocycles. The van der Waals surface area contributed by atoms with Crippen LogP contribution in [-0.4, -0.2) is 11.9 Å². The van der Waals surface area contributed by atoms with Gasteiger partial charge in [0, 0.05) is 6.04 Å². The normalized spacial score (nSPS) is 17.6. The van der Waals surface area contributed by atoms with Gasteiger partial charge in [-0.2, -0.15) is 0 Å². The fraction of sp³-hybridized carbons (Fsp3) is 0.562. The fourth-order valence-corrected chi connectivity index (χ4v) is 3.20. The van der Waals surface area contributed by atoms with Crippen LogP contribution in [0, 0.1) is 5.92 Å². The standard InChI is InChI=1S/C16H25N3O/c1-2-13(11-7-4-3-5-8-11)19-14-10-6-9-12(15(14)17)16(18)20/h6,9-11,13,19H,2-5,7-8,17H2,1H3,(H2,18,20). The first kappa shape index (κ1) is 14.7. The van der Waals surface area contributed by atoms with E-state index in [0.29, 0.717) is 23.2 Å². The number of amides is 1. The second-order valence-electron chi connectivity index (χ2n) is 5.69. The van der Waals surface area contributed by atoms with Crippen molar-refractivity contribution in [2.75, 3.05) is 11.1 Å². The zero-order chi connectivity index (χ0) is 14.5. The van der Waals surface area contributed by atoms with Crippen molar-refractivity contribution in [2.24, 2.45) is 11.7 Å². The Hall–Kier alpha value is -1.71. The summed E-state index contributed by atoms with van der Waals surface area (Å²) in [5.74, 6) is 0.224. The second-order valence-corrected chi connectivity index (χ2v) is 5.69. The maximum absolute atomic E-state index is 11.3. The van der Waals surface area contributed by atoms with E-state index in [1.807, 2.05) is 12.1 Å². The molecular formula is C16H25N3O. The van der Waals surface area contributed by atoms with E-state index >= 15 is 0 Å². The predicted octanol–water partition coefficient (Wildman–Crippen LogP) is 3.14. The number of benzene rings is 1. The molecule has 4 nitrogen and oxygen atoms in total. The van der Waals surface area contributed by atoms with Crippen LogP contribution in [0.2, 0.25) is 0 Å². The lowest BCUT2D eigenvalue weighted by molar-refractivity contribution is 0.100. The Morgan fingerprint density at radius 3 is 2.65 bits per heavy atom. The zero-order valence-corrected chi connectivity index (χ0v) is 12.2. The van der Waals surface area contributed by atoms with Crippen LogP contribution >= 0.6 is 0 Å². The van der Waals surface area contributed by atoms with E-state index in [1.165, 1.54) is 32.1 Å². The molecule has 1 aliphatic rings. The van der Waals surface area contributed by atoms with Gasteiger partial charge in [0.2, 0.25) is 0 Å². The Bertz CT molecular complexity index is 467. The summed E-state index contributed by atoms with van der Waals surface area (Å²) in [6, 6.07) is 5.84. The number of nitrogens with one attached hydrogen (secondary N) is 1. The van der Waals surface area contributed by atoms with E-state index < -0.39 is 5.91 Å². The molecule has 1 aliphatic carbocycles. The molecule has 1 atom stereocenters. The average molecular weight is 275 g/mol. The van der Waals surface area contributed by atoms with Crippen molar-refractivity contribution >= 4 is 17.3 Å². The van der Waals surface area contributed by atoms with Crippen LogP contribution in [0.4, 0.5) is 11.4 Å². The summed E-state index contributed by atoms with van der Waals surface area (Å²) in [7, 11) is 0. The highest BCUT2D eigenvalue weighted by molar-refractivity contribution is 6.00. The Labute approximate surface area is 120 Å². The molecule has 1 amide bonds. The van der Waals surface area contributed by atoms with Gasteiger partial charge in [-0.1, -0.05) is 32.3 Å². The minimum absolute atomic E-state index is 0.397. The highest BCUT2D eigenvalue weighted by Crippen LogP contribution is 2.31. The molecule has 1 unspecified atom stereocenters. The minimum Gasteiger partial charge on any atom is -0.396 e. The van der Waals surface area contributed by atoms with Crippen molar-refractivity contribution in [3.05, 3.63) is 23.8 Å². The Morgan fingerprint density at radius 2 is 2.05 bits per heavy atom. The molecule has 1 saturated carbocycles. The quantitative estimate of drug-likeness (QED) is 0.722. The minimum atomic E-state index is -0.475. The van der Waals surface area contributed by atoms with E-state index in [9.17, 15) is 4.79 Å². The summed E-state index contributed by atoms with van der Waals surface area (Å²) in [5.41, 5.74) is 13.1. The molecule has 0 radical (unpaired) electrons. The maximum atomic E-state index is 11.3. The molecule has 0 aliphatic heterocycles. The SMILES string of the molecule is CCC(Nc1cccc(C(N)=O)c1N)C1CCCCC1. The maximum Gasteiger partial charge on any atom is 0.250 e. The van der Waals surface area contributed by atoms with Crippen LogP contribution in [0.15, 0.2) is 18.2 Å². The van der Waals surface area contributed by atoms with Gasteiger partial charge < -0.3 is 16.8 Å². The van der Waals surface area contributed by atoms with Gasteiger partial charge in [0.15, 0.2) is 0 Å². The van der Waals surface area contributed by atoms with Gasteiger partial charge in [0.05, 0.1) is 16.9 Å². The van der Waals surface area contributed by atoms with E-state index in [2.05, 4.69) is 12.2 Å². The molecule has 5 N–H and O–H groups in total. The first-order valence-electron chi connectivity index (χ1n) is 7.58.